The second kappa shape index (κ2) is 9.29. The van der Waals surface area contributed by atoms with Gasteiger partial charge in [-0.3, -0.25) is 4.79 Å². The summed E-state index contributed by atoms with van der Waals surface area (Å²) < 4.78 is 48.5. The Morgan fingerprint density at radius 1 is 1.26 bits per heavy atom. The number of alkyl halides is 3. The Kier molecular flexibility index (Phi) is 6.41. The Bertz CT molecular complexity index is 1260. The maximum absolute atomic E-state index is 13.8. The number of hydrogen-bond acceptors (Lipinski definition) is 6. The molecule has 34 heavy (non-hydrogen) atoms. The summed E-state index contributed by atoms with van der Waals surface area (Å²) in [5.41, 5.74) is 0.287. The Morgan fingerprint density at radius 3 is 2.65 bits per heavy atom. The van der Waals surface area contributed by atoms with Gasteiger partial charge in [0.1, 0.15) is 17.3 Å². The quantitative estimate of drug-likeness (QED) is 0.558. The Hall–Kier alpha value is -3.68. The molecule has 2 aromatic heterocycles. The second-order valence-corrected chi connectivity index (χ2v) is 8.34. The molecule has 11 heteroatoms. The third-order valence-corrected chi connectivity index (χ3v) is 6.13. The number of likely N-dealkylation sites (tertiary alicyclic amines) is 1. The van der Waals surface area contributed by atoms with Crippen LogP contribution in [0.15, 0.2) is 24.3 Å². The summed E-state index contributed by atoms with van der Waals surface area (Å²) in [5.74, 6) is 0.0954. The van der Waals surface area contributed by atoms with Crippen LogP contribution in [0, 0.1) is 17.2 Å². The first-order chi connectivity index (χ1) is 16.2. The number of aryl methyl sites for hydroxylation is 1. The number of rotatable bonds is 5. The van der Waals surface area contributed by atoms with Crippen LogP contribution in [0.1, 0.15) is 37.4 Å². The van der Waals surface area contributed by atoms with E-state index in [-0.39, 0.29) is 35.2 Å². The lowest BCUT2D eigenvalue weighted by Crippen LogP contribution is -2.37. The highest BCUT2D eigenvalue weighted by atomic mass is 19.4. The van der Waals surface area contributed by atoms with Crippen molar-refractivity contribution in [2.24, 2.45) is 13.0 Å². The van der Waals surface area contributed by atoms with E-state index in [0.29, 0.717) is 36.5 Å². The lowest BCUT2D eigenvalue weighted by Gasteiger charge is -2.31. The van der Waals surface area contributed by atoms with Crippen molar-refractivity contribution in [2.45, 2.75) is 32.4 Å². The Labute approximate surface area is 193 Å². The smallest absolute Gasteiger partial charge is 0.419 e. The van der Waals surface area contributed by atoms with Gasteiger partial charge in [0.05, 0.1) is 23.4 Å². The minimum atomic E-state index is -4.63. The van der Waals surface area contributed by atoms with E-state index in [9.17, 15) is 23.2 Å². The van der Waals surface area contributed by atoms with Crippen LogP contribution < -0.4 is 4.74 Å². The van der Waals surface area contributed by atoms with Gasteiger partial charge in [-0.1, -0.05) is 5.21 Å². The topological polar surface area (TPSA) is 96.9 Å². The maximum atomic E-state index is 13.8. The zero-order valence-corrected chi connectivity index (χ0v) is 18.8. The van der Waals surface area contributed by atoms with Crippen molar-refractivity contribution < 1.29 is 22.7 Å². The highest BCUT2D eigenvalue weighted by Gasteiger charge is 2.35. The number of halogens is 3. The molecular weight excluding hydrogens is 449 g/mol. The standard InChI is InChI=1S/C23H23F3N6O2/c1-14(33)32-8-5-15(6-9-32)7-10-34-21-4-3-16(11-17(21)23(24,25)26)18-12-20-22(19(13-27)28-18)29-30-31(20)2/h3-4,11-12,15H,5-10H2,1-2H3. The van der Waals surface area contributed by atoms with E-state index in [1.807, 2.05) is 6.07 Å². The number of hydrogen-bond donors (Lipinski definition) is 0. The normalized spacial score (nSPS) is 14.9. The summed E-state index contributed by atoms with van der Waals surface area (Å²) in [6, 6.07) is 7.25. The van der Waals surface area contributed by atoms with Crippen LogP contribution in [0.25, 0.3) is 22.3 Å². The number of fused-ring (bicyclic) bond motifs is 1. The fraction of sp³-hybridized carbons (Fsp3) is 0.435. The van der Waals surface area contributed by atoms with E-state index in [0.717, 1.165) is 18.9 Å². The van der Waals surface area contributed by atoms with Gasteiger partial charge in [-0.2, -0.15) is 18.4 Å². The number of nitrogens with zero attached hydrogens (tertiary/aromatic N) is 6. The van der Waals surface area contributed by atoms with Crippen LogP contribution >= 0.6 is 0 Å². The van der Waals surface area contributed by atoms with Gasteiger partial charge in [-0.05, 0) is 49.4 Å². The first-order valence-electron chi connectivity index (χ1n) is 10.9. The van der Waals surface area contributed by atoms with Crippen LogP contribution in [0.5, 0.6) is 5.75 Å². The summed E-state index contributed by atoms with van der Waals surface area (Å²) in [5, 5.41) is 17.1. The number of aromatic nitrogens is 4. The molecule has 1 fully saturated rings. The molecule has 0 saturated carbocycles. The molecule has 3 heterocycles. The molecule has 1 aromatic carbocycles. The molecule has 0 radical (unpaired) electrons. The van der Waals surface area contributed by atoms with Crippen molar-refractivity contribution in [3.05, 3.63) is 35.5 Å². The third-order valence-electron chi connectivity index (χ3n) is 6.13. The van der Waals surface area contributed by atoms with Gasteiger partial charge in [0.2, 0.25) is 5.91 Å². The molecule has 178 valence electrons. The summed E-state index contributed by atoms with van der Waals surface area (Å²) in [4.78, 5) is 17.4. The molecule has 0 unspecified atom stereocenters. The molecule has 1 aliphatic rings. The molecule has 0 bridgehead atoms. The number of ether oxygens (including phenoxy) is 1. The maximum Gasteiger partial charge on any atom is 0.419 e. The van der Waals surface area contributed by atoms with E-state index in [1.165, 1.54) is 23.7 Å². The average Bonchev–Trinajstić information content (AvgIpc) is 3.19. The molecule has 0 N–H and O–H groups in total. The monoisotopic (exact) mass is 472 g/mol. The summed E-state index contributed by atoms with van der Waals surface area (Å²) in [7, 11) is 1.63. The SMILES string of the molecule is CC(=O)N1CCC(CCOc2ccc(-c3cc4c(nnn4C)c(C#N)n3)cc2C(F)(F)F)CC1. The number of amides is 1. The molecule has 0 spiro atoms. The van der Waals surface area contributed by atoms with Crippen LogP contribution in [-0.4, -0.2) is 50.5 Å². The van der Waals surface area contributed by atoms with Crippen molar-refractivity contribution in [1.82, 2.24) is 24.9 Å². The van der Waals surface area contributed by atoms with Crippen LogP contribution in [0.2, 0.25) is 0 Å². The van der Waals surface area contributed by atoms with Crippen molar-refractivity contribution in [2.75, 3.05) is 19.7 Å². The number of pyridine rings is 1. The van der Waals surface area contributed by atoms with Gasteiger partial charge in [0.25, 0.3) is 0 Å². The fourth-order valence-corrected chi connectivity index (χ4v) is 4.16. The molecule has 3 aromatic rings. The largest absolute Gasteiger partial charge is 0.493 e. The zero-order chi connectivity index (χ0) is 24.5. The van der Waals surface area contributed by atoms with Gasteiger partial charge >= 0.3 is 6.18 Å². The van der Waals surface area contributed by atoms with Gasteiger partial charge in [-0.15, -0.1) is 5.10 Å². The van der Waals surface area contributed by atoms with Crippen LogP contribution in [-0.2, 0) is 18.0 Å². The Morgan fingerprint density at radius 2 is 2.00 bits per heavy atom. The molecular formula is C23H23F3N6O2. The van der Waals surface area contributed by atoms with E-state index in [4.69, 9.17) is 4.74 Å². The average molecular weight is 472 g/mol. The van der Waals surface area contributed by atoms with E-state index >= 15 is 0 Å². The predicted octanol–water partition coefficient (Wildman–Crippen LogP) is 3.95. The van der Waals surface area contributed by atoms with E-state index in [1.54, 1.807) is 18.0 Å². The Balaban J connectivity index is 1.54. The number of carbonyl (C=O) groups is 1. The third kappa shape index (κ3) is 4.81. The van der Waals surface area contributed by atoms with Gasteiger partial charge in [-0.25, -0.2) is 9.67 Å². The van der Waals surface area contributed by atoms with Crippen molar-refractivity contribution in [1.29, 1.82) is 5.26 Å². The van der Waals surface area contributed by atoms with E-state index in [2.05, 4.69) is 15.3 Å². The highest BCUT2D eigenvalue weighted by molar-refractivity contribution is 5.83. The number of carbonyl (C=O) groups excluding carboxylic acids is 1. The van der Waals surface area contributed by atoms with Gasteiger partial charge in [0.15, 0.2) is 5.69 Å². The highest BCUT2D eigenvalue weighted by Crippen LogP contribution is 2.39. The lowest BCUT2D eigenvalue weighted by molar-refractivity contribution is -0.139. The van der Waals surface area contributed by atoms with Crippen LogP contribution in [0.4, 0.5) is 13.2 Å². The lowest BCUT2D eigenvalue weighted by atomic mass is 9.94. The molecule has 4 rings (SSSR count). The molecule has 8 nitrogen and oxygen atoms in total. The van der Waals surface area contributed by atoms with Crippen molar-refractivity contribution >= 4 is 16.9 Å². The minimum Gasteiger partial charge on any atom is -0.493 e. The zero-order valence-electron chi connectivity index (χ0n) is 18.8. The summed E-state index contributed by atoms with van der Waals surface area (Å²) in [6.07, 6.45) is -2.39. The first kappa shape index (κ1) is 23.5. The van der Waals surface area contributed by atoms with Gasteiger partial charge in [0, 0.05) is 32.6 Å². The molecule has 1 saturated heterocycles. The molecule has 0 atom stereocenters. The van der Waals surface area contributed by atoms with Crippen LogP contribution in [0.3, 0.4) is 0 Å². The van der Waals surface area contributed by atoms with E-state index < -0.39 is 11.7 Å². The minimum absolute atomic E-state index is 0.00898. The van der Waals surface area contributed by atoms with Crippen molar-refractivity contribution in [3.8, 4) is 23.1 Å². The second-order valence-electron chi connectivity index (χ2n) is 8.34. The first-order valence-corrected chi connectivity index (χ1v) is 10.9. The summed E-state index contributed by atoms with van der Waals surface area (Å²) >= 11 is 0. The molecule has 1 amide bonds. The fourth-order valence-electron chi connectivity index (χ4n) is 4.16. The number of piperidine rings is 1. The molecule has 1 aliphatic heterocycles. The van der Waals surface area contributed by atoms with Gasteiger partial charge < -0.3 is 9.64 Å². The number of benzene rings is 1. The van der Waals surface area contributed by atoms with Crippen molar-refractivity contribution in [3.63, 3.8) is 0 Å². The molecule has 0 aliphatic carbocycles. The summed E-state index contributed by atoms with van der Waals surface area (Å²) in [6.45, 7) is 3.01. The number of nitriles is 1. The predicted molar refractivity (Wildman–Crippen MR) is 117 cm³/mol.